The molecule has 0 spiro atoms. The third kappa shape index (κ3) is 9.83. The predicted molar refractivity (Wildman–Crippen MR) is 69.5 cm³/mol. The standard InChI is InChI=1S/C11H22N4O4/c1-7(2)6-9(16)18-19-10(17)8(12)4-3-5-15-11(13)14/h7-8H,3-6,12H2,1-2H3,(H4,13,14,15). The van der Waals surface area contributed by atoms with E-state index in [0.717, 1.165) is 0 Å². The zero-order chi connectivity index (χ0) is 14.8. The van der Waals surface area contributed by atoms with E-state index in [9.17, 15) is 9.59 Å². The summed E-state index contributed by atoms with van der Waals surface area (Å²) in [5.74, 6) is -1.28. The Kier molecular flexibility index (Phi) is 8.27. The first-order valence-corrected chi connectivity index (χ1v) is 6.05. The highest BCUT2D eigenvalue weighted by Crippen LogP contribution is 2.03. The van der Waals surface area contributed by atoms with E-state index < -0.39 is 18.0 Å². The molecule has 0 amide bonds. The quantitative estimate of drug-likeness (QED) is 0.185. The highest BCUT2D eigenvalue weighted by Gasteiger charge is 2.18. The Morgan fingerprint density at radius 3 is 2.37 bits per heavy atom. The minimum absolute atomic E-state index is 0.0150. The Hall–Kier alpha value is -1.83. The van der Waals surface area contributed by atoms with E-state index in [1.807, 2.05) is 13.8 Å². The van der Waals surface area contributed by atoms with Crippen molar-refractivity contribution in [2.45, 2.75) is 39.2 Å². The van der Waals surface area contributed by atoms with Crippen molar-refractivity contribution in [1.82, 2.24) is 0 Å². The van der Waals surface area contributed by atoms with Crippen LogP contribution in [0.2, 0.25) is 0 Å². The van der Waals surface area contributed by atoms with E-state index in [1.165, 1.54) is 0 Å². The monoisotopic (exact) mass is 274 g/mol. The van der Waals surface area contributed by atoms with Crippen LogP contribution in [0.25, 0.3) is 0 Å². The lowest BCUT2D eigenvalue weighted by Crippen LogP contribution is -2.33. The summed E-state index contributed by atoms with van der Waals surface area (Å²) in [5.41, 5.74) is 15.8. The minimum Gasteiger partial charge on any atom is -0.370 e. The van der Waals surface area contributed by atoms with E-state index in [-0.39, 0.29) is 18.3 Å². The van der Waals surface area contributed by atoms with E-state index in [4.69, 9.17) is 17.2 Å². The average Bonchev–Trinajstić information content (AvgIpc) is 2.30. The fraction of sp³-hybridized carbons (Fsp3) is 0.727. The van der Waals surface area contributed by atoms with Crippen LogP contribution in [0.5, 0.6) is 0 Å². The van der Waals surface area contributed by atoms with Crippen LogP contribution in [-0.2, 0) is 19.4 Å². The van der Waals surface area contributed by atoms with Crippen LogP contribution in [0.4, 0.5) is 0 Å². The highest BCUT2D eigenvalue weighted by molar-refractivity contribution is 5.77. The van der Waals surface area contributed by atoms with Crippen LogP contribution in [0.3, 0.4) is 0 Å². The SMILES string of the molecule is CC(C)CC(=O)OOC(=O)C(N)CCCN=C(N)N. The smallest absolute Gasteiger partial charge is 0.370 e. The molecule has 0 aromatic carbocycles. The Balaban J connectivity index is 3.82. The fourth-order valence-electron chi connectivity index (χ4n) is 1.15. The van der Waals surface area contributed by atoms with Crippen molar-refractivity contribution in [3.63, 3.8) is 0 Å². The van der Waals surface area contributed by atoms with Gasteiger partial charge in [-0.2, -0.15) is 0 Å². The second-order valence-corrected chi connectivity index (χ2v) is 4.51. The van der Waals surface area contributed by atoms with E-state index in [0.29, 0.717) is 19.4 Å². The van der Waals surface area contributed by atoms with Crippen molar-refractivity contribution < 1.29 is 19.4 Å². The summed E-state index contributed by atoms with van der Waals surface area (Å²) < 4.78 is 0. The lowest BCUT2D eigenvalue weighted by molar-refractivity contribution is -0.260. The molecule has 0 aliphatic carbocycles. The van der Waals surface area contributed by atoms with Gasteiger partial charge in [0.1, 0.15) is 6.04 Å². The van der Waals surface area contributed by atoms with Gasteiger partial charge in [0.25, 0.3) is 0 Å². The summed E-state index contributed by atoms with van der Waals surface area (Å²) in [6.45, 7) is 4.06. The summed E-state index contributed by atoms with van der Waals surface area (Å²) >= 11 is 0. The topological polar surface area (TPSA) is 143 Å². The van der Waals surface area contributed by atoms with Gasteiger partial charge in [-0.1, -0.05) is 13.8 Å². The van der Waals surface area contributed by atoms with Crippen LogP contribution in [0, 0.1) is 5.92 Å². The van der Waals surface area contributed by atoms with Crippen molar-refractivity contribution in [2.24, 2.45) is 28.1 Å². The van der Waals surface area contributed by atoms with E-state index in [2.05, 4.69) is 14.8 Å². The summed E-state index contributed by atoms with van der Waals surface area (Å²) in [5, 5.41) is 0. The maximum absolute atomic E-state index is 11.4. The third-order valence-corrected chi connectivity index (χ3v) is 2.06. The number of carbonyl (C=O) groups excluding carboxylic acids is 2. The van der Waals surface area contributed by atoms with Gasteiger partial charge in [0, 0.05) is 6.54 Å². The number of aliphatic imine (C=N–C) groups is 1. The van der Waals surface area contributed by atoms with Gasteiger partial charge in [0.15, 0.2) is 5.96 Å². The molecule has 0 saturated carbocycles. The van der Waals surface area contributed by atoms with Crippen LogP contribution in [0.15, 0.2) is 4.99 Å². The molecular formula is C11H22N4O4. The fourth-order valence-corrected chi connectivity index (χ4v) is 1.15. The van der Waals surface area contributed by atoms with Gasteiger partial charge in [-0.25, -0.2) is 19.4 Å². The molecule has 1 atom stereocenters. The minimum atomic E-state index is -0.874. The van der Waals surface area contributed by atoms with E-state index in [1.54, 1.807) is 0 Å². The first kappa shape index (κ1) is 17.2. The summed E-state index contributed by atoms with van der Waals surface area (Å²) in [6, 6.07) is -0.874. The second-order valence-electron chi connectivity index (χ2n) is 4.51. The molecule has 1 unspecified atom stereocenters. The van der Waals surface area contributed by atoms with Gasteiger partial charge in [-0.15, -0.1) is 0 Å². The molecule has 8 heteroatoms. The first-order chi connectivity index (χ1) is 8.82. The lowest BCUT2D eigenvalue weighted by atomic mass is 10.1. The molecule has 0 heterocycles. The molecule has 0 aliphatic rings. The maximum Gasteiger partial charge on any atom is 0.372 e. The van der Waals surface area contributed by atoms with Crippen LogP contribution >= 0.6 is 0 Å². The molecule has 0 saturated heterocycles. The van der Waals surface area contributed by atoms with Gasteiger partial charge >= 0.3 is 11.9 Å². The third-order valence-electron chi connectivity index (χ3n) is 2.06. The highest BCUT2D eigenvalue weighted by atomic mass is 17.2. The molecule has 19 heavy (non-hydrogen) atoms. The molecule has 0 bridgehead atoms. The second kappa shape index (κ2) is 9.15. The maximum atomic E-state index is 11.4. The molecule has 0 radical (unpaired) electrons. The van der Waals surface area contributed by atoms with Crippen LogP contribution < -0.4 is 17.2 Å². The number of hydrogen-bond donors (Lipinski definition) is 3. The van der Waals surface area contributed by atoms with Crippen molar-refractivity contribution in [3.05, 3.63) is 0 Å². The zero-order valence-electron chi connectivity index (χ0n) is 11.3. The molecular weight excluding hydrogens is 252 g/mol. The summed E-state index contributed by atoms with van der Waals surface area (Å²) in [7, 11) is 0. The molecule has 0 fully saturated rings. The normalized spacial score (nSPS) is 11.8. The van der Waals surface area contributed by atoms with Crippen LogP contribution in [0.1, 0.15) is 33.1 Å². The summed E-state index contributed by atoms with van der Waals surface area (Å²) in [4.78, 5) is 34.9. The van der Waals surface area contributed by atoms with Crippen molar-refractivity contribution in [2.75, 3.05) is 6.54 Å². The van der Waals surface area contributed by atoms with Crippen molar-refractivity contribution >= 4 is 17.9 Å². The predicted octanol–water partition coefficient (Wildman–Crippen LogP) is -0.585. The van der Waals surface area contributed by atoms with Crippen LogP contribution in [-0.4, -0.2) is 30.5 Å². The van der Waals surface area contributed by atoms with Gasteiger partial charge < -0.3 is 17.2 Å². The number of nitrogens with two attached hydrogens (primary N) is 3. The number of nitrogens with zero attached hydrogens (tertiary/aromatic N) is 1. The molecule has 0 aromatic rings. The Labute approximate surface area is 112 Å². The Morgan fingerprint density at radius 2 is 1.84 bits per heavy atom. The van der Waals surface area contributed by atoms with E-state index >= 15 is 0 Å². The van der Waals surface area contributed by atoms with Gasteiger partial charge in [-0.05, 0) is 18.8 Å². The molecule has 0 aromatic heterocycles. The first-order valence-electron chi connectivity index (χ1n) is 6.05. The largest absolute Gasteiger partial charge is 0.372 e. The average molecular weight is 274 g/mol. The van der Waals surface area contributed by atoms with Crippen molar-refractivity contribution in [1.29, 1.82) is 0 Å². The van der Waals surface area contributed by atoms with Gasteiger partial charge in [0.05, 0.1) is 6.42 Å². The van der Waals surface area contributed by atoms with Crippen molar-refractivity contribution in [3.8, 4) is 0 Å². The Morgan fingerprint density at radius 1 is 1.21 bits per heavy atom. The number of carbonyl (C=O) groups is 2. The number of hydrogen-bond acceptors (Lipinski definition) is 6. The van der Waals surface area contributed by atoms with Gasteiger partial charge in [0.2, 0.25) is 0 Å². The lowest BCUT2D eigenvalue weighted by Gasteiger charge is -2.09. The molecule has 0 rings (SSSR count). The number of guanidine groups is 1. The molecule has 0 aliphatic heterocycles. The number of rotatable bonds is 7. The van der Waals surface area contributed by atoms with Gasteiger partial charge in [-0.3, -0.25) is 4.99 Å². The molecule has 110 valence electrons. The zero-order valence-corrected chi connectivity index (χ0v) is 11.3. The molecule has 6 N–H and O–H groups in total. The molecule has 8 nitrogen and oxygen atoms in total. The Bertz CT molecular complexity index is 327. The summed E-state index contributed by atoms with van der Waals surface area (Å²) in [6.07, 6.45) is 1.03.